The molecule has 0 atom stereocenters. The van der Waals surface area contributed by atoms with Crippen LogP contribution in [0.2, 0.25) is 10.0 Å². The van der Waals surface area contributed by atoms with Crippen LogP contribution in [0.4, 0.5) is 4.39 Å². The minimum Gasteiger partial charge on any atom is -0.456 e. The van der Waals surface area contributed by atoms with Gasteiger partial charge in [-0.3, -0.25) is 0 Å². The van der Waals surface area contributed by atoms with Gasteiger partial charge in [-0.1, -0.05) is 29.3 Å². The summed E-state index contributed by atoms with van der Waals surface area (Å²) >= 11 is 11.9. The second-order valence-electron chi connectivity index (χ2n) is 5.43. The van der Waals surface area contributed by atoms with Crippen LogP contribution >= 0.6 is 35.6 Å². The Labute approximate surface area is 167 Å². The van der Waals surface area contributed by atoms with Crippen LogP contribution in [0.3, 0.4) is 0 Å². The zero-order valence-corrected chi connectivity index (χ0v) is 16.6. The minimum atomic E-state index is -4.04. The molecule has 1 aliphatic heterocycles. The van der Waals surface area contributed by atoms with E-state index in [0.717, 1.165) is 6.07 Å². The highest BCUT2D eigenvalue weighted by atomic mass is 35.5. The van der Waals surface area contributed by atoms with Crippen LogP contribution in [-0.4, -0.2) is 38.9 Å². The molecule has 1 N–H and O–H groups in total. The molecule has 142 valence electrons. The van der Waals surface area contributed by atoms with Gasteiger partial charge in [0.15, 0.2) is 10.6 Å². The summed E-state index contributed by atoms with van der Waals surface area (Å²) in [4.78, 5) is -0.493. The van der Waals surface area contributed by atoms with Gasteiger partial charge in [-0.25, -0.2) is 12.8 Å². The molecule has 3 rings (SSSR count). The van der Waals surface area contributed by atoms with Gasteiger partial charge in [0.1, 0.15) is 11.6 Å². The summed E-state index contributed by atoms with van der Waals surface area (Å²) in [5, 5.41) is 3.71. The molecule has 2 aromatic rings. The van der Waals surface area contributed by atoms with Crippen molar-refractivity contribution in [3.63, 3.8) is 0 Å². The molecule has 1 fully saturated rings. The van der Waals surface area contributed by atoms with E-state index in [1.165, 1.54) is 34.6 Å². The molecule has 5 nitrogen and oxygen atoms in total. The van der Waals surface area contributed by atoms with Crippen molar-refractivity contribution in [2.75, 3.05) is 26.2 Å². The first-order valence-corrected chi connectivity index (χ1v) is 9.71. The van der Waals surface area contributed by atoms with E-state index in [1.807, 2.05) is 0 Å². The average molecular weight is 442 g/mol. The van der Waals surface area contributed by atoms with E-state index in [9.17, 15) is 12.8 Å². The number of hydrogen-bond donors (Lipinski definition) is 1. The maximum Gasteiger partial charge on any atom is 0.249 e. The van der Waals surface area contributed by atoms with Crippen LogP contribution in [0.15, 0.2) is 41.3 Å². The zero-order valence-electron chi connectivity index (χ0n) is 13.4. The van der Waals surface area contributed by atoms with Crippen molar-refractivity contribution in [2.24, 2.45) is 0 Å². The molecule has 2 aromatic carbocycles. The molecule has 1 saturated heterocycles. The fourth-order valence-corrected chi connectivity index (χ4v) is 4.65. The summed E-state index contributed by atoms with van der Waals surface area (Å²) in [6.07, 6.45) is 0. The van der Waals surface area contributed by atoms with Gasteiger partial charge in [0.2, 0.25) is 10.0 Å². The van der Waals surface area contributed by atoms with Crippen LogP contribution in [0, 0.1) is 5.82 Å². The largest absolute Gasteiger partial charge is 0.456 e. The lowest BCUT2D eigenvalue weighted by Gasteiger charge is -2.27. The highest BCUT2D eigenvalue weighted by Gasteiger charge is 2.32. The second-order valence-corrected chi connectivity index (χ2v) is 8.18. The number of benzene rings is 2. The van der Waals surface area contributed by atoms with E-state index in [0.29, 0.717) is 23.1 Å². The average Bonchev–Trinajstić information content (AvgIpc) is 2.54. The molecule has 10 heteroatoms. The van der Waals surface area contributed by atoms with Crippen LogP contribution < -0.4 is 10.1 Å². The Kier molecular flexibility index (Phi) is 7.12. The van der Waals surface area contributed by atoms with Crippen molar-refractivity contribution in [1.82, 2.24) is 9.62 Å². The third-order valence-corrected chi connectivity index (χ3v) is 6.06. The molecule has 0 spiro atoms. The predicted molar refractivity (Wildman–Crippen MR) is 102 cm³/mol. The van der Waals surface area contributed by atoms with E-state index in [2.05, 4.69) is 5.32 Å². The molecule has 1 aliphatic rings. The van der Waals surface area contributed by atoms with Crippen molar-refractivity contribution in [3.8, 4) is 11.5 Å². The SMILES string of the molecule is Cl.O=S(=O)(c1c(F)cccc1Oc1cc(Cl)cc(Cl)c1)N1CCNCC1. The summed E-state index contributed by atoms with van der Waals surface area (Å²) in [6.45, 7) is 1.54. The Balaban J connectivity index is 0.00000243. The maximum absolute atomic E-state index is 14.4. The molecule has 0 unspecified atom stereocenters. The predicted octanol–water partition coefficient (Wildman–Crippen LogP) is 3.94. The molecule has 26 heavy (non-hydrogen) atoms. The van der Waals surface area contributed by atoms with Crippen molar-refractivity contribution >= 4 is 45.6 Å². The van der Waals surface area contributed by atoms with E-state index in [1.54, 1.807) is 0 Å². The molecule has 0 bridgehead atoms. The second kappa shape index (κ2) is 8.73. The molecule has 0 amide bonds. The van der Waals surface area contributed by atoms with Gasteiger partial charge < -0.3 is 10.1 Å². The number of halogens is 4. The number of sulfonamides is 1. The first kappa shape index (κ1) is 21.2. The molecule has 0 saturated carbocycles. The van der Waals surface area contributed by atoms with Crippen LogP contribution in [0.25, 0.3) is 0 Å². The third-order valence-electron chi connectivity index (χ3n) is 3.67. The van der Waals surface area contributed by atoms with Gasteiger partial charge in [-0.15, -0.1) is 12.4 Å². The Morgan fingerprint density at radius 3 is 2.31 bits per heavy atom. The number of nitrogens with one attached hydrogen (secondary N) is 1. The number of nitrogens with zero attached hydrogens (tertiary/aromatic N) is 1. The van der Waals surface area contributed by atoms with Crippen LogP contribution in [-0.2, 0) is 10.0 Å². The number of ether oxygens (including phenoxy) is 1. The number of rotatable bonds is 4. The Hall–Kier alpha value is -1.09. The first-order valence-electron chi connectivity index (χ1n) is 7.51. The molecular weight excluding hydrogens is 426 g/mol. The fraction of sp³-hybridized carbons (Fsp3) is 0.250. The third kappa shape index (κ3) is 4.60. The first-order chi connectivity index (χ1) is 11.9. The normalized spacial score (nSPS) is 15.3. The number of hydrogen-bond acceptors (Lipinski definition) is 4. The lowest BCUT2D eigenvalue weighted by atomic mass is 10.3. The fourth-order valence-electron chi connectivity index (χ4n) is 2.55. The van der Waals surface area contributed by atoms with Gasteiger partial charge in [-0.05, 0) is 30.3 Å². The van der Waals surface area contributed by atoms with Gasteiger partial charge in [-0.2, -0.15) is 4.31 Å². The summed E-state index contributed by atoms with van der Waals surface area (Å²) < 4.78 is 47.0. The molecular formula is C16H16Cl3FN2O3S. The lowest BCUT2D eigenvalue weighted by Crippen LogP contribution is -2.46. The smallest absolute Gasteiger partial charge is 0.249 e. The van der Waals surface area contributed by atoms with Gasteiger partial charge in [0.25, 0.3) is 0 Å². The van der Waals surface area contributed by atoms with Crippen molar-refractivity contribution in [1.29, 1.82) is 0 Å². The van der Waals surface area contributed by atoms with Crippen molar-refractivity contribution in [3.05, 3.63) is 52.3 Å². The standard InChI is InChI=1S/C16H15Cl2FN2O3S.ClH/c17-11-8-12(18)10-13(9-11)24-15-3-1-2-14(19)16(15)25(22,23)21-6-4-20-5-7-21;/h1-3,8-10,20H,4-7H2;1H. The summed E-state index contributed by atoms with van der Waals surface area (Å²) in [6, 6.07) is 8.33. The summed E-state index contributed by atoms with van der Waals surface area (Å²) in [5.74, 6) is -0.763. The van der Waals surface area contributed by atoms with Crippen molar-refractivity contribution < 1.29 is 17.5 Å². The van der Waals surface area contributed by atoms with Crippen LogP contribution in [0.1, 0.15) is 0 Å². The zero-order chi connectivity index (χ0) is 18.0. The molecule has 0 aromatic heterocycles. The Morgan fingerprint density at radius 1 is 1.08 bits per heavy atom. The van der Waals surface area contributed by atoms with E-state index >= 15 is 0 Å². The maximum atomic E-state index is 14.4. The summed E-state index contributed by atoms with van der Waals surface area (Å²) in [7, 11) is -4.04. The molecule has 1 heterocycles. The number of piperazine rings is 1. The Morgan fingerprint density at radius 2 is 1.69 bits per heavy atom. The van der Waals surface area contributed by atoms with Crippen LogP contribution in [0.5, 0.6) is 11.5 Å². The van der Waals surface area contributed by atoms with E-state index in [4.69, 9.17) is 27.9 Å². The van der Waals surface area contributed by atoms with Gasteiger partial charge >= 0.3 is 0 Å². The molecule has 0 radical (unpaired) electrons. The van der Waals surface area contributed by atoms with Gasteiger partial charge in [0.05, 0.1) is 0 Å². The lowest BCUT2D eigenvalue weighted by molar-refractivity contribution is 0.355. The highest BCUT2D eigenvalue weighted by Crippen LogP contribution is 2.35. The topological polar surface area (TPSA) is 58.6 Å². The Bertz CT molecular complexity index is 870. The highest BCUT2D eigenvalue weighted by molar-refractivity contribution is 7.89. The van der Waals surface area contributed by atoms with E-state index in [-0.39, 0.29) is 37.0 Å². The van der Waals surface area contributed by atoms with Gasteiger partial charge in [0, 0.05) is 36.2 Å². The quantitative estimate of drug-likeness (QED) is 0.781. The van der Waals surface area contributed by atoms with Crippen molar-refractivity contribution in [2.45, 2.75) is 4.90 Å². The van der Waals surface area contributed by atoms with E-state index < -0.39 is 20.7 Å². The summed E-state index contributed by atoms with van der Waals surface area (Å²) in [5.41, 5.74) is 0. The minimum absolute atomic E-state index is 0. The molecule has 0 aliphatic carbocycles. The monoisotopic (exact) mass is 440 g/mol.